The van der Waals surface area contributed by atoms with E-state index in [1.54, 1.807) is 12.1 Å². The number of hydrogen-bond acceptors (Lipinski definition) is 3. The molecule has 2 rings (SSSR count). The first-order valence-corrected chi connectivity index (χ1v) is 6.06. The maximum atomic E-state index is 9.08. The van der Waals surface area contributed by atoms with Crippen molar-refractivity contribution in [3.05, 3.63) is 54.1 Å². The number of nitrogens with zero attached hydrogens (tertiary/aromatic N) is 1. The van der Waals surface area contributed by atoms with Gasteiger partial charge in [0.15, 0.2) is 0 Å². The van der Waals surface area contributed by atoms with Crippen LogP contribution < -0.4 is 10.5 Å². The van der Waals surface area contributed by atoms with Gasteiger partial charge in [0, 0.05) is 5.69 Å². The monoisotopic (exact) mass is 252 g/mol. The average Bonchev–Trinajstić information content (AvgIpc) is 2.42. The largest absolute Gasteiger partial charge is 0.457 e. The zero-order chi connectivity index (χ0) is 13.9. The van der Waals surface area contributed by atoms with Gasteiger partial charge >= 0.3 is 0 Å². The second-order valence-electron chi connectivity index (χ2n) is 4.93. The zero-order valence-corrected chi connectivity index (χ0v) is 11.1. The minimum atomic E-state index is -0.486. The second-order valence-corrected chi connectivity index (χ2v) is 4.93. The van der Waals surface area contributed by atoms with E-state index in [1.165, 1.54) is 0 Å². The van der Waals surface area contributed by atoms with E-state index in [9.17, 15) is 0 Å². The van der Waals surface area contributed by atoms with E-state index in [2.05, 4.69) is 6.07 Å². The third-order valence-corrected chi connectivity index (χ3v) is 2.97. The Hall–Kier alpha value is -2.47. The Balaban J connectivity index is 2.16. The molecule has 2 aromatic carbocycles. The van der Waals surface area contributed by atoms with Crippen LogP contribution >= 0.6 is 0 Å². The molecule has 0 aliphatic heterocycles. The van der Waals surface area contributed by atoms with Crippen LogP contribution in [0.1, 0.15) is 19.4 Å². The molecule has 3 heteroatoms. The van der Waals surface area contributed by atoms with Crippen LogP contribution in [0.2, 0.25) is 0 Å². The Morgan fingerprint density at radius 3 is 1.89 bits per heavy atom. The van der Waals surface area contributed by atoms with Crippen LogP contribution in [0.3, 0.4) is 0 Å². The highest BCUT2D eigenvalue weighted by Gasteiger charge is 2.19. The highest BCUT2D eigenvalue weighted by Crippen LogP contribution is 2.27. The summed E-state index contributed by atoms with van der Waals surface area (Å²) in [6.45, 7) is 3.78. The normalized spacial score (nSPS) is 10.8. The van der Waals surface area contributed by atoms with Gasteiger partial charge in [-0.25, -0.2) is 0 Å². The van der Waals surface area contributed by atoms with Crippen LogP contribution in [-0.2, 0) is 5.41 Å². The van der Waals surface area contributed by atoms with Crippen molar-refractivity contribution in [3.8, 4) is 17.6 Å². The van der Waals surface area contributed by atoms with Crippen LogP contribution in [0.5, 0.6) is 11.5 Å². The van der Waals surface area contributed by atoms with Gasteiger partial charge in [-0.15, -0.1) is 0 Å². The second kappa shape index (κ2) is 5.03. The van der Waals surface area contributed by atoms with Gasteiger partial charge in [0.2, 0.25) is 0 Å². The molecule has 0 unspecified atom stereocenters. The van der Waals surface area contributed by atoms with E-state index in [4.69, 9.17) is 15.7 Å². The Morgan fingerprint density at radius 2 is 1.42 bits per heavy atom. The van der Waals surface area contributed by atoms with E-state index in [0.717, 1.165) is 17.1 Å². The lowest BCUT2D eigenvalue weighted by Gasteiger charge is -2.16. The lowest BCUT2D eigenvalue weighted by Crippen LogP contribution is -2.13. The predicted octanol–water partition coefficient (Wildman–Crippen LogP) is 3.86. The molecule has 0 saturated heterocycles. The molecule has 0 aromatic heterocycles. The zero-order valence-electron chi connectivity index (χ0n) is 11.1. The van der Waals surface area contributed by atoms with E-state index in [0.29, 0.717) is 5.69 Å². The molecule has 3 nitrogen and oxygen atoms in total. The fourth-order valence-electron chi connectivity index (χ4n) is 1.68. The number of hydrogen-bond donors (Lipinski definition) is 1. The number of nitriles is 1. The molecule has 0 fully saturated rings. The van der Waals surface area contributed by atoms with E-state index in [1.807, 2.05) is 50.2 Å². The number of rotatable bonds is 3. The van der Waals surface area contributed by atoms with Crippen LogP contribution in [0, 0.1) is 11.3 Å². The molecule has 0 aliphatic rings. The van der Waals surface area contributed by atoms with Crippen LogP contribution in [-0.4, -0.2) is 0 Å². The molecule has 0 spiro atoms. The summed E-state index contributed by atoms with van der Waals surface area (Å²) < 4.78 is 5.70. The van der Waals surface area contributed by atoms with Crippen molar-refractivity contribution >= 4 is 5.69 Å². The number of nitrogen functional groups attached to an aromatic ring is 1. The molecule has 2 aromatic rings. The van der Waals surface area contributed by atoms with Gasteiger partial charge in [0.1, 0.15) is 11.5 Å². The molecule has 96 valence electrons. The summed E-state index contributed by atoms with van der Waals surface area (Å²) in [6, 6.07) is 17.1. The molecule has 0 aliphatic carbocycles. The summed E-state index contributed by atoms with van der Waals surface area (Å²) >= 11 is 0. The molecule has 2 N–H and O–H groups in total. The molecule has 19 heavy (non-hydrogen) atoms. The molecule has 0 amide bonds. The van der Waals surface area contributed by atoms with Crippen molar-refractivity contribution in [2.24, 2.45) is 0 Å². The standard InChI is InChI=1S/C16H16N2O/c1-16(2,11-17)12-3-7-14(8-4-12)19-15-9-5-13(18)6-10-15/h3-10H,18H2,1-2H3. The highest BCUT2D eigenvalue weighted by atomic mass is 16.5. The summed E-state index contributed by atoms with van der Waals surface area (Å²) in [7, 11) is 0. The molecule has 0 saturated carbocycles. The molecular formula is C16H16N2O. The van der Waals surface area contributed by atoms with Crippen LogP contribution in [0.4, 0.5) is 5.69 Å². The van der Waals surface area contributed by atoms with Crippen LogP contribution in [0.25, 0.3) is 0 Å². The van der Waals surface area contributed by atoms with Crippen molar-refractivity contribution in [3.63, 3.8) is 0 Å². The highest BCUT2D eigenvalue weighted by molar-refractivity contribution is 5.43. The molecule has 0 bridgehead atoms. The minimum absolute atomic E-state index is 0.486. The van der Waals surface area contributed by atoms with Crippen molar-refractivity contribution in [1.29, 1.82) is 5.26 Å². The number of benzene rings is 2. The molecule has 0 atom stereocenters. The van der Waals surface area contributed by atoms with Gasteiger partial charge in [-0.05, 0) is 55.8 Å². The first-order chi connectivity index (χ1) is 9.01. The van der Waals surface area contributed by atoms with Crippen molar-refractivity contribution < 1.29 is 4.74 Å². The van der Waals surface area contributed by atoms with Crippen molar-refractivity contribution in [2.45, 2.75) is 19.3 Å². The average molecular weight is 252 g/mol. The van der Waals surface area contributed by atoms with Crippen molar-refractivity contribution in [1.82, 2.24) is 0 Å². The van der Waals surface area contributed by atoms with Gasteiger partial charge < -0.3 is 10.5 Å². The maximum Gasteiger partial charge on any atom is 0.127 e. The van der Waals surface area contributed by atoms with Gasteiger partial charge in [0.25, 0.3) is 0 Å². The van der Waals surface area contributed by atoms with Gasteiger partial charge in [-0.1, -0.05) is 12.1 Å². The lowest BCUT2D eigenvalue weighted by molar-refractivity contribution is 0.482. The first-order valence-electron chi connectivity index (χ1n) is 6.06. The number of anilines is 1. The van der Waals surface area contributed by atoms with Gasteiger partial charge in [-0.3, -0.25) is 0 Å². The summed E-state index contributed by atoms with van der Waals surface area (Å²) in [5, 5.41) is 9.08. The Kier molecular flexibility index (Phi) is 3.43. The van der Waals surface area contributed by atoms with E-state index in [-0.39, 0.29) is 0 Å². The summed E-state index contributed by atoms with van der Waals surface area (Å²) in [5.74, 6) is 1.48. The summed E-state index contributed by atoms with van der Waals surface area (Å²) in [4.78, 5) is 0. The SMILES string of the molecule is CC(C)(C#N)c1ccc(Oc2ccc(N)cc2)cc1. The Morgan fingerprint density at radius 1 is 0.947 bits per heavy atom. The molecule has 0 radical (unpaired) electrons. The van der Waals surface area contributed by atoms with Crippen molar-refractivity contribution in [2.75, 3.05) is 5.73 Å². The summed E-state index contributed by atoms with van der Waals surface area (Å²) in [5.41, 5.74) is 6.81. The fraction of sp³-hybridized carbons (Fsp3) is 0.188. The molecular weight excluding hydrogens is 236 g/mol. The smallest absolute Gasteiger partial charge is 0.127 e. The third kappa shape index (κ3) is 3.05. The van der Waals surface area contributed by atoms with E-state index < -0.39 is 5.41 Å². The Labute approximate surface area is 113 Å². The maximum absolute atomic E-state index is 9.08. The summed E-state index contributed by atoms with van der Waals surface area (Å²) in [6.07, 6.45) is 0. The number of nitrogens with two attached hydrogens (primary N) is 1. The van der Waals surface area contributed by atoms with Gasteiger partial charge in [0.05, 0.1) is 11.5 Å². The topological polar surface area (TPSA) is 59.0 Å². The minimum Gasteiger partial charge on any atom is -0.457 e. The Bertz CT molecular complexity index is 592. The lowest BCUT2D eigenvalue weighted by atomic mass is 9.86. The molecule has 0 heterocycles. The number of ether oxygens (including phenoxy) is 1. The predicted molar refractivity (Wildman–Crippen MR) is 76.0 cm³/mol. The van der Waals surface area contributed by atoms with Crippen LogP contribution in [0.15, 0.2) is 48.5 Å². The third-order valence-electron chi connectivity index (χ3n) is 2.97. The first kappa shape index (κ1) is 13.0. The van der Waals surface area contributed by atoms with E-state index >= 15 is 0 Å². The quantitative estimate of drug-likeness (QED) is 0.844. The van der Waals surface area contributed by atoms with Gasteiger partial charge in [-0.2, -0.15) is 5.26 Å². The fourth-order valence-corrected chi connectivity index (χ4v) is 1.68.